The van der Waals surface area contributed by atoms with Crippen LogP contribution in [0.15, 0.2) is 18.3 Å². The minimum absolute atomic E-state index is 1.29. The molecule has 0 saturated carbocycles. The first kappa shape index (κ1) is 11.2. The van der Waals surface area contributed by atoms with Crippen LogP contribution in [0.4, 0.5) is 0 Å². The second kappa shape index (κ2) is 4.77. The summed E-state index contributed by atoms with van der Waals surface area (Å²) in [5, 5.41) is 1.51. The molecule has 0 aliphatic heterocycles. The summed E-state index contributed by atoms with van der Waals surface area (Å²) >= 11 is 2.02. The van der Waals surface area contributed by atoms with E-state index >= 15 is 0 Å². The summed E-state index contributed by atoms with van der Waals surface area (Å²) in [6.07, 6.45) is 11.8. The van der Waals surface area contributed by atoms with Crippen molar-refractivity contribution in [1.29, 1.82) is 0 Å². The first-order valence-electron chi connectivity index (χ1n) is 6.75. The standard InChI is InChI=1S/C15H20NS/c1-16-11-7-9-13-12-8-5-3-2-4-6-10-14(12)17-15(13)16/h7,9,11H,2-6,8,10H2,1H3/q+1. The molecule has 90 valence electrons. The van der Waals surface area contributed by atoms with Crippen molar-refractivity contribution in [2.75, 3.05) is 0 Å². The van der Waals surface area contributed by atoms with E-state index in [1.165, 1.54) is 55.2 Å². The quantitative estimate of drug-likeness (QED) is 0.623. The van der Waals surface area contributed by atoms with E-state index in [0.29, 0.717) is 0 Å². The van der Waals surface area contributed by atoms with Crippen molar-refractivity contribution in [2.45, 2.75) is 44.9 Å². The molecule has 17 heavy (non-hydrogen) atoms. The maximum absolute atomic E-state index is 2.31. The number of rotatable bonds is 0. The van der Waals surface area contributed by atoms with Crippen LogP contribution >= 0.6 is 11.3 Å². The molecule has 1 nitrogen and oxygen atoms in total. The normalized spacial score (nSPS) is 17.2. The highest BCUT2D eigenvalue weighted by molar-refractivity contribution is 7.18. The zero-order valence-corrected chi connectivity index (χ0v) is 11.4. The van der Waals surface area contributed by atoms with Crippen LogP contribution in [0.1, 0.15) is 42.5 Å². The minimum Gasteiger partial charge on any atom is -0.192 e. The molecule has 0 amide bonds. The lowest BCUT2D eigenvalue weighted by Crippen LogP contribution is -2.26. The summed E-state index contributed by atoms with van der Waals surface area (Å²) in [4.78, 5) is 3.11. The Labute approximate surface area is 107 Å². The second-order valence-corrected chi connectivity index (χ2v) is 6.19. The van der Waals surface area contributed by atoms with Crippen LogP contribution in [0.5, 0.6) is 0 Å². The average molecular weight is 246 g/mol. The maximum Gasteiger partial charge on any atom is 0.269 e. The van der Waals surface area contributed by atoms with Crippen LogP contribution in [0.2, 0.25) is 0 Å². The molecule has 0 bridgehead atoms. The van der Waals surface area contributed by atoms with E-state index in [1.54, 1.807) is 10.4 Å². The van der Waals surface area contributed by atoms with Gasteiger partial charge in [0.1, 0.15) is 7.05 Å². The fourth-order valence-electron chi connectivity index (χ4n) is 2.88. The molecule has 1 aliphatic rings. The Morgan fingerprint density at radius 2 is 1.82 bits per heavy atom. The number of hydrogen-bond acceptors (Lipinski definition) is 1. The fraction of sp³-hybridized carbons (Fsp3) is 0.533. The van der Waals surface area contributed by atoms with Gasteiger partial charge in [-0.05, 0) is 37.3 Å². The molecule has 0 spiro atoms. The highest BCUT2D eigenvalue weighted by Crippen LogP contribution is 2.32. The number of thiophene rings is 1. The number of aryl methyl sites for hydroxylation is 3. The Kier molecular flexibility index (Phi) is 3.15. The van der Waals surface area contributed by atoms with Crippen molar-refractivity contribution in [2.24, 2.45) is 7.05 Å². The van der Waals surface area contributed by atoms with E-state index in [4.69, 9.17) is 0 Å². The van der Waals surface area contributed by atoms with Gasteiger partial charge in [-0.15, -0.1) is 0 Å². The molecule has 0 saturated heterocycles. The number of fused-ring (bicyclic) bond motifs is 3. The average Bonchev–Trinajstić information content (AvgIpc) is 2.71. The van der Waals surface area contributed by atoms with Crippen molar-refractivity contribution in [3.05, 3.63) is 28.8 Å². The summed E-state index contributed by atoms with van der Waals surface area (Å²) in [6.45, 7) is 0. The molecule has 1 aliphatic carbocycles. The molecule has 3 rings (SSSR count). The van der Waals surface area contributed by atoms with Gasteiger partial charge in [0.25, 0.3) is 4.83 Å². The Hall–Kier alpha value is -0.890. The van der Waals surface area contributed by atoms with Crippen LogP contribution in [-0.2, 0) is 19.9 Å². The number of pyridine rings is 1. The molecule has 0 radical (unpaired) electrons. The summed E-state index contributed by atoms with van der Waals surface area (Å²) in [7, 11) is 2.16. The summed E-state index contributed by atoms with van der Waals surface area (Å²) < 4.78 is 2.28. The third-order valence-electron chi connectivity index (χ3n) is 3.84. The van der Waals surface area contributed by atoms with Gasteiger partial charge in [-0.2, -0.15) is 4.57 Å². The SMILES string of the molecule is C[n+]1cccc2c3c(sc21)CCCCCCC3. The number of nitrogens with zero attached hydrogens (tertiary/aromatic N) is 1. The van der Waals surface area contributed by atoms with E-state index in [2.05, 4.69) is 29.9 Å². The van der Waals surface area contributed by atoms with Gasteiger partial charge in [0.2, 0.25) is 0 Å². The highest BCUT2D eigenvalue weighted by atomic mass is 32.1. The van der Waals surface area contributed by atoms with Crippen molar-refractivity contribution in [3.63, 3.8) is 0 Å². The summed E-state index contributed by atoms with van der Waals surface area (Å²) in [5.74, 6) is 0. The lowest BCUT2D eigenvalue weighted by molar-refractivity contribution is -0.642. The Morgan fingerprint density at radius 1 is 1.06 bits per heavy atom. The molecule has 0 N–H and O–H groups in total. The van der Waals surface area contributed by atoms with Crippen LogP contribution in [0.3, 0.4) is 0 Å². The Bertz CT molecular complexity index is 527. The van der Waals surface area contributed by atoms with Gasteiger partial charge in [0, 0.05) is 10.9 Å². The van der Waals surface area contributed by atoms with Crippen molar-refractivity contribution in [1.82, 2.24) is 0 Å². The fourth-order valence-corrected chi connectivity index (χ4v) is 4.20. The lowest BCUT2D eigenvalue weighted by Gasteiger charge is -2.00. The molecule has 2 heterocycles. The molecule has 0 unspecified atom stereocenters. The van der Waals surface area contributed by atoms with Crippen LogP contribution in [-0.4, -0.2) is 0 Å². The van der Waals surface area contributed by atoms with E-state index in [-0.39, 0.29) is 0 Å². The van der Waals surface area contributed by atoms with Gasteiger partial charge in [-0.3, -0.25) is 0 Å². The van der Waals surface area contributed by atoms with Gasteiger partial charge in [0.05, 0.1) is 5.39 Å². The molecule has 0 fully saturated rings. The van der Waals surface area contributed by atoms with Gasteiger partial charge in [-0.25, -0.2) is 0 Å². The van der Waals surface area contributed by atoms with E-state index in [0.717, 1.165) is 0 Å². The van der Waals surface area contributed by atoms with Gasteiger partial charge in [-0.1, -0.05) is 30.6 Å². The predicted molar refractivity (Wildman–Crippen MR) is 73.5 cm³/mol. The van der Waals surface area contributed by atoms with Crippen molar-refractivity contribution >= 4 is 21.6 Å². The summed E-state index contributed by atoms with van der Waals surface area (Å²) in [6, 6.07) is 4.49. The molecule has 0 atom stereocenters. The van der Waals surface area contributed by atoms with Crippen LogP contribution in [0, 0.1) is 0 Å². The van der Waals surface area contributed by atoms with Crippen molar-refractivity contribution in [3.8, 4) is 0 Å². The Balaban J connectivity index is 2.12. The van der Waals surface area contributed by atoms with E-state index in [9.17, 15) is 0 Å². The third-order valence-corrected chi connectivity index (χ3v) is 5.23. The van der Waals surface area contributed by atoms with Crippen molar-refractivity contribution < 1.29 is 4.57 Å². The number of hydrogen-bond donors (Lipinski definition) is 0. The zero-order chi connectivity index (χ0) is 11.7. The zero-order valence-electron chi connectivity index (χ0n) is 10.5. The largest absolute Gasteiger partial charge is 0.269 e. The van der Waals surface area contributed by atoms with E-state index < -0.39 is 0 Å². The highest BCUT2D eigenvalue weighted by Gasteiger charge is 2.18. The van der Waals surface area contributed by atoms with Gasteiger partial charge in [0.15, 0.2) is 6.20 Å². The molecule has 2 aromatic rings. The first-order chi connectivity index (χ1) is 8.36. The lowest BCUT2D eigenvalue weighted by atomic mass is 10.0. The van der Waals surface area contributed by atoms with Gasteiger partial charge < -0.3 is 0 Å². The predicted octanol–water partition coefficient (Wildman–Crippen LogP) is 3.77. The monoisotopic (exact) mass is 246 g/mol. The third kappa shape index (κ3) is 2.11. The smallest absolute Gasteiger partial charge is 0.192 e. The molecular formula is C15H20NS+. The molecule has 2 aromatic heterocycles. The second-order valence-electron chi connectivity index (χ2n) is 5.11. The number of aromatic nitrogens is 1. The maximum atomic E-state index is 2.31. The first-order valence-corrected chi connectivity index (χ1v) is 7.57. The Morgan fingerprint density at radius 3 is 2.71 bits per heavy atom. The van der Waals surface area contributed by atoms with Gasteiger partial charge >= 0.3 is 0 Å². The van der Waals surface area contributed by atoms with Crippen LogP contribution in [0.25, 0.3) is 10.2 Å². The molecule has 2 heteroatoms. The minimum atomic E-state index is 1.29. The molecular weight excluding hydrogens is 226 g/mol. The summed E-state index contributed by atoms with van der Waals surface area (Å²) in [5.41, 5.74) is 1.66. The van der Waals surface area contributed by atoms with E-state index in [1.807, 2.05) is 11.3 Å². The topological polar surface area (TPSA) is 3.88 Å². The molecule has 0 aromatic carbocycles. The van der Waals surface area contributed by atoms with Crippen LogP contribution < -0.4 is 4.57 Å².